The molecule has 3 heterocycles. The lowest BCUT2D eigenvalue weighted by Crippen LogP contribution is -2.59. The number of amidine groups is 1. The van der Waals surface area contributed by atoms with E-state index in [4.69, 9.17) is 9.73 Å². The summed E-state index contributed by atoms with van der Waals surface area (Å²) in [6.07, 6.45) is 23.5. The van der Waals surface area contributed by atoms with E-state index in [1.54, 1.807) is 11.3 Å². The van der Waals surface area contributed by atoms with Gasteiger partial charge in [0, 0.05) is 11.3 Å². The lowest BCUT2D eigenvalue weighted by Gasteiger charge is -2.42. The van der Waals surface area contributed by atoms with Gasteiger partial charge in [0.25, 0.3) is 0 Å². The molecule has 0 saturated carbocycles. The molecule has 2 aromatic rings. The Morgan fingerprint density at radius 2 is 1.42 bits per heavy atom. The normalized spacial score (nSPS) is 15.5. The van der Waals surface area contributed by atoms with Crippen LogP contribution in [0.15, 0.2) is 35.3 Å². The summed E-state index contributed by atoms with van der Waals surface area (Å²) in [7, 11) is 2.21. The van der Waals surface area contributed by atoms with Gasteiger partial charge in [0.2, 0.25) is 6.73 Å². The Morgan fingerprint density at radius 1 is 0.867 bits per heavy atom. The van der Waals surface area contributed by atoms with Crippen molar-refractivity contribution in [1.82, 2.24) is 4.90 Å². The highest BCUT2D eigenvalue weighted by Crippen LogP contribution is 2.39. The van der Waals surface area contributed by atoms with Crippen LogP contribution < -0.4 is 5.32 Å². The fraction of sp³-hybridized carbons (Fsp3) is 0.684. The maximum atomic E-state index is 12.5. The van der Waals surface area contributed by atoms with Crippen molar-refractivity contribution in [3.63, 3.8) is 0 Å². The van der Waals surface area contributed by atoms with Crippen LogP contribution in [0.2, 0.25) is 0 Å². The van der Waals surface area contributed by atoms with Crippen LogP contribution >= 0.6 is 11.3 Å². The second-order valence-electron chi connectivity index (χ2n) is 13.8. The van der Waals surface area contributed by atoms with Crippen LogP contribution in [0, 0.1) is 6.92 Å². The average Bonchev–Trinajstić information content (AvgIpc) is 3.33. The molecule has 6 nitrogen and oxygen atoms in total. The van der Waals surface area contributed by atoms with Gasteiger partial charge in [-0.25, -0.2) is 4.99 Å². The summed E-state index contributed by atoms with van der Waals surface area (Å²) in [5.74, 6) is 1.01. The van der Waals surface area contributed by atoms with E-state index >= 15 is 0 Å². The van der Waals surface area contributed by atoms with E-state index in [-0.39, 0.29) is 5.97 Å². The maximum absolute atomic E-state index is 12.5. The number of ether oxygens (including phenoxy) is 1. The second-order valence-corrected chi connectivity index (χ2v) is 15.0. The van der Waals surface area contributed by atoms with Crippen LogP contribution in [0.25, 0.3) is 0 Å². The van der Waals surface area contributed by atoms with Crippen molar-refractivity contribution in [1.29, 1.82) is 0 Å². The molecule has 2 aliphatic heterocycles. The minimum atomic E-state index is -0.0352. The zero-order valence-corrected chi connectivity index (χ0v) is 29.5. The zero-order valence-electron chi connectivity index (χ0n) is 28.7. The molecule has 2 aliphatic rings. The van der Waals surface area contributed by atoms with Gasteiger partial charge in [-0.15, -0.1) is 11.3 Å². The summed E-state index contributed by atoms with van der Waals surface area (Å²) in [6, 6.07) is 10.5. The van der Waals surface area contributed by atoms with Crippen molar-refractivity contribution in [2.75, 3.05) is 45.3 Å². The molecule has 4 rings (SSSR count). The number of para-hydroxylation sites is 2. The number of piperazine rings is 1. The predicted molar refractivity (Wildman–Crippen MR) is 192 cm³/mol. The number of hydrogen-bond donors (Lipinski definition) is 1. The lowest BCUT2D eigenvalue weighted by atomic mass is 10.0. The molecule has 1 fully saturated rings. The molecule has 1 N–H and O–H groups in total. The number of nitrogens with zero attached hydrogens (tertiary/aromatic N) is 3. The molecule has 0 amide bonds. The number of rotatable bonds is 20. The molecule has 0 radical (unpaired) electrons. The molecule has 45 heavy (non-hydrogen) atoms. The number of fused-ring (bicyclic) bond motifs is 2. The average molecular weight is 638 g/mol. The van der Waals surface area contributed by atoms with E-state index in [9.17, 15) is 4.79 Å². The standard InChI is InChI=1S/C38H61N4O2S/c1-4-5-6-7-8-9-10-11-12-13-14-15-16-17-18-19-20-25-36(43)44-31-42(3)28-26-41(27-29-42)37-33-30-32(2)45-38(33)40-35-24-22-21-23-34(35)39-37/h21-24,30,40H,4-20,25-29,31H2,1-3H3/q+1. The Balaban J connectivity index is 1.03. The number of esters is 1. The summed E-state index contributed by atoms with van der Waals surface area (Å²) >= 11 is 1.78. The minimum absolute atomic E-state index is 0.0352. The Morgan fingerprint density at radius 3 is 2.02 bits per heavy atom. The van der Waals surface area contributed by atoms with Crippen LogP contribution in [0.1, 0.15) is 133 Å². The van der Waals surface area contributed by atoms with Crippen LogP contribution in [-0.2, 0) is 9.53 Å². The molecule has 0 atom stereocenters. The van der Waals surface area contributed by atoms with Gasteiger partial charge < -0.3 is 15.0 Å². The number of carbonyl (C=O) groups excluding carboxylic acids is 1. The fourth-order valence-corrected chi connectivity index (χ4v) is 7.49. The molecule has 1 saturated heterocycles. The summed E-state index contributed by atoms with van der Waals surface area (Å²) in [5.41, 5.74) is 3.22. The number of carbonyl (C=O) groups is 1. The molecule has 0 unspecified atom stereocenters. The van der Waals surface area contributed by atoms with Crippen molar-refractivity contribution in [3.05, 3.63) is 40.8 Å². The molecule has 1 aromatic heterocycles. The van der Waals surface area contributed by atoms with E-state index in [0.717, 1.165) is 65.7 Å². The Hall–Kier alpha value is -2.38. The summed E-state index contributed by atoms with van der Waals surface area (Å²) in [4.78, 5) is 21.3. The van der Waals surface area contributed by atoms with Crippen molar-refractivity contribution < 1.29 is 14.0 Å². The fourth-order valence-electron chi connectivity index (χ4n) is 6.57. The van der Waals surface area contributed by atoms with Crippen LogP contribution in [0.3, 0.4) is 0 Å². The van der Waals surface area contributed by atoms with Gasteiger partial charge in [-0.2, -0.15) is 0 Å². The molecule has 0 spiro atoms. The van der Waals surface area contributed by atoms with Crippen molar-refractivity contribution in [3.8, 4) is 0 Å². The number of nitrogens with one attached hydrogen (secondary N) is 1. The molecular weight excluding hydrogens is 577 g/mol. The SMILES string of the molecule is CCCCCCCCCCCCCCCCCCCC(=O)OC[N+]1(C)CCN(C2=Nc3ccccc3Nc3sc(C)cc32)CC1. The quantitative estimate of drug-likeness (QED) is 0.0892. The molecular formula is C38H61N4O2S+. The first kappa shape index (κ1) is 35.5. The third-order valence-corrected chi connectivity index (χ3v) is 10.6. The van der Waals surface area contributed by atoms with Crippen molar-refractivity contribution in [2.24, 2.45) is 4.99 Å². The number of aliphatic imine (C=N–C) groups is 1. The number of hydrogen-bond acceptors (Lipinski definition) is 6. The number of quaternary nitrogens is 1. The van der Waals surface area contributed by atoms with Gasteiger partial charge in [0.1, 0.15) is 10.8 Å². The number of unbranched alkanes of at least 4 members (excludes halogenated alkanes) is 16. The predicted octanol–water partition coefficient (Wildman–Crippen LogP) is 10.5. The van der Waals surface area contributed by atoms with Gasteiger partial charge in [0.05, 0.1) is 50.2 Å². The van der Waals surface area contributed by atoms with Crippen LogP contribution in [0.4, 0.5) is 16.4 Å². The van der Waals surface area contributed by atoms with Crippen LogP contribution in [-0.4, -0.2) is 61.1 Å². The summed E-state index contributed by atoms with van der Waals surface area (Å²) < 4.78 is 6.56. The van der Waals surface area contributed by atoms with E-state index in [0.29, 0.717) is 13.2 Å². The highest BCUT2D eigenvalue weighted by molar-refractivity contribution is 7.16. The van der Waals surface area contributed by atoms with Crippen molar-refractivity contribution >= 4 is 39.5 Å². The highest BCUT2D eigenvalue weighted by Gasteiger charge is 2.33. The first-order valence-electron chi connectivity index (χ1n) is 18.3. The topological polar surface area (TPSA) is 53.9 Å². The van der Waals surface area contributed by atoms with Gasteiger partial charge in [-0.1, -0.05) is 122 Å². The maximum Gasteiger partial charge on any atom is 0.310 e. The zero-order chi connectivity index (χ0) is 31.7. The van der Waals surface area contributed by atoms with E-state index < -0.39 is 0 Å². The molecule has 1 aromatic carbocycles. The van der Waals surface area contributed by atoms with Gasteiger partial charge in [-0.3, -0.25) is 9.28 Å². The van der Waals surface area contributed by atoms with E-state index in [2.05, 4.69) is 55.4 Å². The number of likely N-dealkylation sites (N-methyl/N-ethyl adjacent to an activating group) is 1. The molecule has 7 heteroatoms. The Kier molecular flexibility index (Phi) is 15.2. The summed E-state index contributed by atoms with van der Waals surface area (Å²) in [5, 5.41) is 4.77. The highest BCUT2D eigenvalue weighted by atomic mass is 32.1. The number of aryl methyl sites for hydroxylation is 1. The van der Waals surface area contributed by atoms with Gasteiger partial charge in [0.15, 0.2) is 0 Å². The van der Waals surface area contributed by atoms with Gasteiger partial charge >= 0.3 is 5.97 Å². The van der Waals surface area contributed by atoms with Crippen LogP contribution in [0.5, 0.6) is 0 Å². The second kappa shape index (κ2) is 19.3. The monoisotopic (exact) mass is 637 g/mol. The summed E-state index contributed by atoms with van der Waals surface area (Å²) in [6.45, 7) is 8.55. The minimum Gasteiger partial charge on any atom is -0.415 e. The Labute approximate surface area is 278 Å². The first-order valence-corrected chi connectivity index (χ1v) is 19.1. The number of benzene rings is 1. The lowest BCUT2D eigenvalue weighted by molar-refractivity contribution is -0.929. The largest absolute Gasteiger partial charge is 0.415 e. The number of thiophene rings is 1. The molecule has 0 aliphatic carbocycles. The number of anilines is 2. The Bertz CT molecular complexity index is 1180. The van der Waals surface area contributed by atoms with Gasteiger partial charge in [-0.05, 0) is 31.5 Å². The molecule has 0 bridgehead atoms. The first-order chi connectivity index (χ1) is 22.0. The van der Waals surface area contributed by atoms with E-state index in [1.165, 1.54) is 107 Å². The smallest absolute Gasteiger partial charge is 0.310 e. The third kappa shape index (κ3) is 12.1. The van der Waals surface area contributed by atoms with E-state index in [1.807, 2.05) is 6.07 Å². The van der Waals surface area contributed by atoms with Crippen molar-refractivity contribution in [2.45, 2.75) is 129 Å². The molecule has 250 valence electrons. The third-order valence-electron chi connectivity index (χ3n) is 9.62.